The Morgan fingerprint density at radius 3 is 2.22 bits per heavy atom. The molecule has 5 heteroatoms. The molecule has 2 aliphatic heterocycles. The Morgan fingerprint density at radius 1 is 0.778 bits per heavy atom. The number of nitrogens with one attached hydrogen (secondary N) is 1. The van der Waals surface area contributed by atoms with E-state index in [4.69, 9.17) is 0 Å². The third-order valence-corrected chi connectivity index (χ3v) is 7.33. The third-order valence-electron chi connectivity index (χ3n) is 7.33. The molecule has 0 radical (unpaired) electrons. The molecular formula is C22H37N3O2. The minimum atomic E-state index is 0.161. The first-order valence-electron chi connectivity index (χ1n) is 11.5. The van der Waals surface area contributed by atoms with Crippen molar-refractivity contribution in [1.82, 2.24) is 15.1 Å². The Balaban J connectivity index is 1.20. The summed E-state index contributed by atoms with van der Waals surface area (Å²) >= 11 is 0. The third kappa shape index (κ3) is 5.04. The molecule has 1 N–H and O–H groups in total. The summed E-state index contributed by atoms with van der Waals surface area (Å²) in [6.07, 6.45) is 13.1. The first-order chi connectivity index (χ1) is 13.2. The number of carbonyl (C=O) groups is 2. The van der Waals surface area contributed by atoms with Crippen molar-refractivity contribution in [2.45, 2.75) is 76.7 Å². The highest BCUT2D eigenvalue weighted by atomic mass is 16.2. The number of rotatable bonds is 5. The lowest BCUT2D eigenvalue weighted by atomic mass is 9.89. The van der Waals surface area contributed by atoms with E-state index >= 15 is 0 Å². The molecule has 0 spiro atoms. The van der Waals surface area contributed by atoms with Crippen LogP contribution in [0.3, 0.4) is 0 Å². The Labute approximate surface area is 164 Å². The lowest BCUT2D eigenvalue weighted by Gasteiger charge is -2.42. The first kappa shape index (κ1) is 19.2. The van der Waals surface area contributed by atoms with Crippen LogP contribution in [-0.2, 0) is 9.59 Å². The van der Waals surface area contributed by atoms with Crippen LogP contribution in [0.25, 0.3) is 0 Å². The van der Waals surface area contributed by atoms with Crippen molar-refractivity contribution >= 4 is 11.8 Å². The van der Waals surface area contributed by atoms with Crippen molar-refractivity contribution in [3.05, 3.63) is 0 Å². The quantitative estimate of drug-likeness (QED) is 0.804. The van der Waals surface area contributed by atoms with E-state index in [2.05, 4.69) is 15.1 Å². The average Bonchev–Trinajstić information content (AvgIpc) is 3.58. The summed E-state index contributed by atoms with van der Waals surface area (Å²) in [6.45, 7) is 4.74. The Kier molecular flexibility index (Phi) is 6.36. The number of hydrogen-bond donors (Lipinski definition) is 1. The molecule has 2 saturated carbocycles. The molecular weight excluding hydrogens is 338 g/mol. The molecule has 1 atom stereocenters. The van der Waals surface area contributed by atoms with E-state index < -0.39 is 0 Å². The van der Waals surface area contributed by atoms with Gasteiger partial charge in [0.05, 0.1) is 5.92 Å². The SMILES string of the molecule is O=C(NCC1CCCCC1)C1CCCN(C2CCN(C(=O)C3CC3)CC2)C1. The second-order valence-electron chi connectivity index (χ2n) is 9.41. The Bertz CT molecular complexity index is 520. The lowest BCUT2D eigenvalue weighted by molar-refractivity contribution is -0.134. The summed E-state index contributed by atoms with van der Waals surface area (Å²) in [5.41, 5.74) is 0. The maximum atomic E-state index is 12.7. The maximum Gasteiger partial charge on any atom is 0.225 e. The van der Waals surface area contributed by atoms with Gasteiger partial charge in [0.1, 0.15) is 0 Å². The molecule has 27 heavy (non-hydrogen) atoms. The summed E-state index contributed by atoms with van der Waals surface area (Å²) in [6, 6.07) is 0.558. The molecule has 2 saturated heterocycles. The molecule has 152 valence electrons. The molecule has 1 unspecified atom stereocenters. The number of piperidine rings is 2. The van der Waals surface area contributed by atoms with Crippen LogP contribution in [0.5, 0.6) is 0 Å². The van der Waals surface area contributed by atoms with Gasteiger partial charge in [-0.15, -0.1) is 0 Å². The smallest absolute Gasteiger partial charge is 0.225 e. The maximum absolute atomic E-state index is 12.7. The van der Waals surface area contributed by atoms with Gasteiger partial charge in [0.2, 0.25) is 11.8 Å². The van der Waals surface area contributed by atoms with Crippen LogP contribution in [0, 0.1) is 17.8 Å². The minimum Gasteiger partial charge on any atom is -0.356 e. The molecule has 4 aliphatic rings. The van der Waals surface area contributed by atoms with Gasteiger partial charge in [-0.05, 0) is 63.8 Å². The molecule has 0 aromatic heterocycles. The molecule has 2 heterocycles. The molecule has 2 aliphatic carbocycles. The number of nitrogens with zero attached hydrogens (tertiary/aromatic N) is 2. The summed E-state index contributed by atoms with van der Waals surface area (Å²) in [4.78, 5) is 29.6. The van der Waals surface area contributed by atoms with Gasteiger partial charge in [-0.1, -0.05) is 19.3 Å². The van der Waals surface area contributed by atoms with E-state index in [0.717, 1.165) is 71.2 Å². The summed E-state index contributed by atoms with van der Waals surface area (Å²) < 4.78 is 0. The van der Waals surface area contributed by atoms with Crippen LogP contribution in [0.4, 0.5) is 0 Å². The van der Waals surface area contributed by atoms with Crippen molar-refractivity contribution in [3.8, 4) is 0 Å². The van der Waals surface area contributed by atoms with E-state index in [1.54, 1.807) is 0 Å². The fourth-order valence-electron chi connectivity index (χ4n) is 5.37. The second kappa shape index (κ2) is 8.93. The fraction of sp³-hybridized carbons (Fsp3) is 0.909. The molecule has 2 amide bonds. The standard InChI is InChI=1S/C22H37N3O2/c26-21(23-15-17-5-2-1-3-6-17)19-7-4-12-25(16-19)20-10-13-24(14-11-20)22(27)18-8-9-18/h17-20H,1-16H2,(H,23,26). The van der Waals surface area contributed by atoms with Gasteiger partial charge in [0.15, 0.2) is 0 Å². The topological polar surface area (TPSA) is 52.7 Å². The number of likely N-dealkylation sites (tertiary alicyclic amines) is 2. The van der Waals surface area contributed by atoms with Gasteiger partial charge >= 0.3 is 0 Å². The first-order valence-corrected chi connectivity index (χ1v) is 11.5. The highest BCUT2D eigenvalue weighted by Crippen LogP contribution is 2.32. The predicted octanol–water partition coefficient (Wildman–Crippen LogP) is 2.80. The lowest BCUT2D eigenvalue weighted by Crippen LogP contribution is -2.52. The van der Waals surface area contributed by atoms with Crippen molar-refractivity contribution in [3.63, 3.8) is 0 Å². The number of amides is 2. The minimum absolute atomic E-state index is 0.161. The van der Waals surface area contributed by atoms with Gasteiger partial charge in [0, 0.05) is 38.1 Å². The van der Waals surface area contributed by atoms with Gasteiger partial charge in [0.25, 0.3) is 0 Å². The molecule has 0 bridgehead atoms. The van der Waals surface area contributed by atoms with Crippen molar-refractivity contribution in [1.29, 1.82) is 0 Å². The Morgan fingerprint density at radius 2 is 1.52 bits per heavy atom. The van der Waals surface area contributed by atoms with Crippen LogP contribution < -0.4 is 5.32 Å². The molecule has 4 rings (SSSR count). The Hall–Kier alpha value is -1.10. The van der Waals surface area contributed by atoms with Crippen LogP contribution in [-0.4, -0.2) is 60.4 Å². The highest BCUT2D eigenvalue weighted by molar-refractivity contribution is 5.81. The normalized spacial score (nSPS) is 28.9. The largest absolute Gasteiger partial charge is 0.356 e. The molecule has 0 aromatic rings. The van der Waals surface area contributed by atoms with E-state index in [1.165, 1.54) is 32.1 Å². The zero-order valence-corrected chi connectivity index (χ0v) is 16.8. The van der Waals surface area contributed by atoms with Gasteiger partial charge in [-0.3, -0.25) is 14.5 Å². The van der Waals surface area contributed by atoms with Crippen LogP contribution in [0.15, 0.2) is 0 Å². The molecule has 4 fully saturated rings. The molecule has 5 nitrogen and oxygen atoms in total. The van der Waals surface area contributed by atoms with E-state index in [0.29, 0.717) is 23.8 Å². The number of hydrogen-bond acceptors (Lipinski definition) is 3. The average molecular weight is 376 g/mol. The zero-order valence-electron chi connectivity index (χ0n) is 16.8. The van der Waals surface area contributed by atoms with Gasteiger partial charge in [-0.2, -0.15) is 0 Å². The zero-order chi connectivity index (χ0) is 18.6. The highest BCUT2D eigenvalue weighted by Gasteiger charge is 2.37. The predicted molar refractivity (Wildman–Crippen MR) is 106 cm³/mol. The van der Waals surface area contributed by atoms with Crippen LogP contribution in [0.1, 0.15) is 70.6 Å². The van der Waals surface area contributed by atoms with Gasteiger partial charge < -0.3 is 10.2 Å². The summed E-state index contributed by atoms with van der Waals surface area (Å²) in [7, 11) is 0. The summed E-state index contributed by atoms with van der Waals surface area (Å²) in [5.74, 6) is 1.89. The van der Waals surface area contributed by atoms with Crippen molar-refractivity contribution in [2.75, 3.05) is 32.7 Å². The molecule has 0 aromatic carbocycles. The number of carbonyl (C=O) groups excluding carboxylic acids is 2. The van der Waals surface area contributed by atoms with Gasteiger partial charge in [-0.25, -0.2) is 0 Å². The fourth-order valence-corrected chi connectivity index (χ4v) is 5.37. The van der Waals surface area contributed by atoms with Crippen LogP contribution in [0.2, 0.25) is 0 Å². The van der Waals surface area contributed by atoms with E-state index in [1.807, 2.05) is 0 Å². The van der Waals surface area contributed by atoms with Crippen molar-refractivity contribution < 1.29 is 9.59 Å². The van der Waals surface area contributed by atoms with E-state index in [9.17, 15) is 9.59 Å². The van der Waals surface area contributed by atoms with Crippen LogP contribution >= 0.6 is 0 Å². The van der Waals surface area contributed by atoms with Crippen molar-refractivity contribution in [2.24, 2.45) is 17.8 Å². The summed E-state index contributed by atoms with van der Waals surface area (Å²) in [5, 5.41) is 3.27. The second-order valence-corrected chi connectivity index (χ2v) is 9.41. The van der Waals surface area contributed by atoms with E-state index in [-0.39, 0.29) is 11.8 Å². The monoisotopic (exact) mass is 375 g/mol.